The zero-order valence-electron chi connectivity index (χ0n) is 19.7. The number of nitrogens with zero attached hydrogens (tertiary/aromatic N) is 1. The van der Waals surface area contributed by atoms with Gasteiger partial charge in [-0.05, 0) is 79.1 Å². The highest BCUT2D eigenvalue weighted by atomic mass is 16.5. The Kier molecular flexibility index (Phi) is 7.33. The molecule has 0 saturated carbocycles. The summed E-state index contributed by atoms with van der Waals surface area (Å²) in [5.74, 6) is 1.81. The van der Waals surface area contributed by atoms with Crippen LogP contribution in [0.1, 0.15) is 66.7 Å². The zero-order valence-corrected chi connectivity index (χ0v) is 19.7. The van der Waals surface area contributed by atoms with Crippen molar-refractivity contribution >= 4 is 23.0 Å². The molecule has 33 heavy (non-hydrogen) atoms. The summed E-state index contributed by atoms with van der Waals surface area (Å²) >= 11 is 0. The van der Waals surface area contributed by atoms with Gasteiger partial charge in [-0.15, -0.1) is 0 Å². The van der Waals surface area contributed by atoms with Crippen LogP contribution in [0.3, 0.4) is 0 Å². The first-order chi connectivity index (χ1) is 16.1. The molecule has 2 aromatic carbocycles. The van der Waals surface area contributed by atoms with Gasteiger partial charge in [0, 0.05) is 22.2 Å². The van der Waals surface area contributed by atoms with E-state index in [2.05, 4.69) is 29.4 Å². The third-order valence-corrected chi connectivity index (χ3v) is 6.27. The summed E-state index contributed by atoms with van der Waals surface area (Å²) < 4.78 is 11.3. The Labute approximate surface area is 195 Å². The number of carbonyl (C=O) groups is 1. The minimum Gasteiger partial charge on any atom is -0.493 e. The highest BCUT2D eigenvalue weighted by Crippen LogP contribution is 2.32. The predicted octanol–water partition coefficient (Wildman–Crippen LogP) is 5.63. The molecule has 4 rings (SSSR count). The van der Waals surface area contributed by atoms with E-state index in [1.165, 1.54) is 17.7 Å². The number of hydrogen-bond donors (Lipinski definition) is 2. The minimum atomic E-state index is -0.227. The third kappa shape index (κ3) is 5.38. The second kappa shape index (κ2) is 10.6. The SMILES string of the molecule is CCCCCOc1ccc(/C=N\NC(=O)c2ccc3[nH]c4c(c3c2)CC(C)CC4)cc1OC. The van der Waals surface area contributed by atoms with Gasteiger partial charge >= 0.3 is 0 Å². The van der Waals surface area contributed by atoms with E-state index in [0.29, 0.717) is 29.6 Å². The average molecular weight is 448 g/mol. The predicted molar refractivity (Wildman–Crippen MR) is 133 cm³/mol. The van der Waals surface area contributed by atoms with Crippen molar-refractivity contribution in [2.75, 3.05) is 13.7 Å². The van der Waals surface area contributed by atoms with E-state index >= 15 is 0 Å². The molecule has 1 atom stereocenters. The molecule has 1 aromatic heterocycles. The normalized spacial score (nSPS) is 15.5. The number of hydrazone groups is 1. The first kappa shape index (κ1) is 22.9. The van der Waals surface area contributed by atoms with Crippen LogP contribution in [0.2, 0.25) is 0 Å². The van der Waals surface area contributed by atoms with Crippen molar-refractivity contribution in [3.63, 3.8) is 0 Å². The first-order valence-electron chi connectivity index (χ1n) is 11.9. The molecule has 0 saturated heterocycles. The Morgan fingerprint density at radius 3 is 2.91 bits per heavy atom. The molecule has 0 aliphatic heterocycles. The molecule has 0 radical (unpaired) electrons. The maximum atomic E-state index is 12.7. The molecule has 1 heterocycles. The average Bonchev–Trinajstić information content (AvgIpc) is 3.19. The third-order valence-electron chi connectivity index (χ3n) is 6.27. The van der Waals surface area contributed by atoms with Crippen LogP contribution < -0.4 is 14.9 Å². The van der Waals surface area contributed by atoms with Crippen molar-refractivity contribution in [3.05, 3.63) is 58.8 Å². The molecule has 0 fully saturated rings. The van der Waals surface area contributed by atoms with Crippen molar-refractivity contribution in [3.8, 4) is 11.5 Å². The summed E-state index contributed by atoms with van der Waals surface area (Å²) in [5, 5.41) is 5.29. The maximum Gasteiger partial charge on any atom is 0.271 e. The van der Waals surface area contributed by atoms with Gasteiger partial charge in [-0.25, -0.2) is 5.43 Å². The van der Waals surface area contributed by atoms with Gasteiger partial charge in [-0.1, -0.05) is 26.7 Å². The van der Waals surface area contributed by atoms with Crippen molar-refractivity contribution in [2.24, 2.45) is 11.0 Å². The highest BCUT2D eigenvalue weighted by Gasteiger charge is 2.20. The van der Waals surface area contributed by atoms with Crippen molar-refractivity contribution < 1.29 is 14.3 Å². The van der Waals surface area contributed by atoms with E-state index in [1.807, 2.05) is 36.4 Å². The lowest BCUT2D eigenvalue weighted by Gasteiger charge is -2.18. The zero-order chi connectivity index (χ0) is 23.2. The van der Waals surface area contributed by atoms with Crippen LogP contribution in [-0.4, -0.2) is 30.8 Å². The molecule has 1 unspecified atom stereocenters. The molecule has 2 N–H and O–H groups in total. The molecule has 0 spiro atoms. The number of aromatic nitrogens is 1. The molecular weight excluding hydrogens is 414 g/mol. The van der Waals surface area contributed by atoms with Crippen molar-refractivity contribution in [2.45, 2.75) is 52.4 Å². The van der Waals surface area contributed by atoms with Gasteiger partial charge in [0.1, 0.15) is 0 Å². The number of methoxy groups -OCH3 is 1. The molecule has 1 aliphatic rings. The number of benzene rings is 2. The standard InChI is InChI=1S/C27H33N3O3/c1-4-5-6-13-33-25-12-8-19(15-26(25)32-3)17-28-30-27(31)20-9-11-24-22(16-20)21-14-18(2)7-10-23(21)29-24/h8-9,11-12,15-18,29H,4-7,10,13-14H2,1-3H3,(H,30,31)/b28-17-. The lowest BCUT2D eigenvalue weighted by molar-refractivity contribution is 0.0955. The van der Waals surface area contributed by atoms with Gasteiger partial charge in [0.05, 0.1) is 19.9 Å². The molecule has 174 valence electrons. The van der Waals surface area contributed by atoms with E-state index in [1.54, 1.807) is 13.3 Å². The Bertz CT molecular complexity index is 1150. The Balaban J connectivity index is 1.41. The van der Waals surface area contributed by atoms with Gasteiger partial charge in [0.2, 0.25) is 0 Å². The number of ether oxygens (including phenoxy) is 2. The largest absolute Gasteiger partial charge is 0.493 e. The molecule has 3 aromatic rings. The number of unbranched alkanes of at least 4 members (excludes halogenated alkanes) is 2. The van der Waals surface area contributed by atoms with E-state index in [-0.39, 0.29) is 5.91 Å². The van der Waals surface area contributed by atoms with Gasteiger partial charge in [-0.2, -0.15) is 5.10 Å². The lowest BCUT2D eigenvalue weighted by atomic mass is 9.87. The fourth-order valence-corrected chi connectivity index (χ4v) is 4.38. The topological polar surface area (TPSA) is 75.7 Å². The second-order valence-electron chi connectivity index (χ2n) is 8.86. The van der Waals surface area contributed by atoms with E-state index < -0.39 is 0 Å². The lowest BCUT2D eigenvalue weighted by Crippen LogP contribution is -2.17. The van der Waals surface area contributed by atoms with Crippen LogP contribution in [-0.2, 0) is 12.8 Å². The summed E-state index contributed by atoms with van der Waals surface area (Å²) in [7, 11) is 1.62. The van der Waals surface area contributed by atoms with Crippen LogP contribution >= 0.6 is 0 Å². The highest BCUT2D eigenvalue weighted by molar-refractivity contribution is 5.99. The monoisotopic (exact) mass is 447 g/mol. The minimum absolute atomic E-state index is 0.227. The number of rotatable bonds is 9. The molecular formula is C27H33N3O3. The van der Waals surface area contributed by atoms with Crippen LogP contribution in [0.15, 0.2) is 41.5 Å². The fourth-order valence-electron chi connectivity index (χ4n) is 4.38. The number of aryl methyl sites for hydroxylation is 1. The number of fused-ring (bicyclic) bond motifs is 3. The fraction of sp³-hybridized carbons (Fsp3) is 0.407. The molecule has 1 amide bonds. The number of amides is 1. The number of hydrogen-bond acceptors (Lipinski definition) is 4. The van der Waals surface area contributed by atoms with Gasteiger partial charge < -0.3 is 14.5 Å². The van der Waals surface area contributed by atoms with E-state index in [0.717, 1.165) is 48.6 Å². The second-order valence-corrected chi connectivity index (χ2v) is 8.86. The van der Waals surface area contributed by atoms with Crippen LogP contribution in [0.25, 0.3) is 10.9 Å². The van der Waals surface area contributed by atoms with E-state index in [9.17, 15) is 4.79 Å². The van der Waals surface area contributed by atoms with Gasteiger partial charge in [0.25, 0.3) is 5.91 Å². The van der Waals surface area contributed by atoms with E-state index in [4.69, 9.17) is 9.47 Å². The summed E-state index contributed by atoms with van der Waals surface area (Å²) in [6.07, 6.45) is 8.26. The number of H-pyrrole nitrogens is 1. The molecule has 6 heteroatoms. The molecule has 1 aliphatic carbocycles. The number of nitrogens with one attached hydrogen (secondary N) is 2. The van der Waals surface area contributed by atoms with Gasteiger partial charge in [-0.3, -0.25) is 4.79 Å². The number of aromatic amines is 1. The van der Waals surface area contributed by atoms with Gasteiger partial charge in [0.15, 0.2) is 11.5 Å². The Morgan fingerprint density at radius 1 is 1.21 bits per heavy atom. The first-order valence-corrected chi connectivity index (χ1v) is 11.9. The quantitative estimate of drug-likeness (QED) is 0.253. The van der Waals surface area contributed by atoms with Crippen LogP contribution in [0.4, 0.5) is 0 Å². The molecule has 0 bridgehead atoms. The summed E-state index contributed by atoms with van der Waals surface area (Å²) in [5.41, 5.74) is 7.82. The smallest absolute Gasteiger partial charge is 0.271 e. The Morgan fingerprint density at radius 2 is 2.09 bits per heavy atom. The van der Waals surface area contributed by atoms with Crippen LogP contribution in [0, 0.1) is 5.92 Å². The van der Waals surface area contributed by atoms with Crippen LogP contribution in [0.5, 0.6) is 11.5 Å². The summed E-state index contributed by atoms with van der Waals surface area (Å²) in [6.45, 7) is 5.12. The maximum absolute atomic E-state index is 12.7. The Hall–Kier alpha value is -3.28. The summed E-state index contributed by atoms with van der Waals surface area (Å²) in [6, 6.07) is 11.4. The van der Waals surface area contributed by atoms with Crippen molar-refractivity contribution in [1.29, 1.82) is 0 Å². The summed E-state index contributed by atoms with van der Waals surface area (Å²) in [4.78, 5) is 16.2. The molecule has 6 nitrogen and oxygen atoms in total. The van der Waals surface area contributed by atoms with Crippen molar-refractivity contribution in [1.82, 2.24) is 10.4 Å². The number of carbonyl (C=O) groups excluding carboxylic acids is 1.